The highest BCUT2D eigenvalue weighted by Gasteiger charge is 2.13. The van der Waals surface area contributed by atoms with Crippen molar-refractivity contribution in [2.24, 2.45) is 5.73 Å². The van der Waals surface area contributed by atoms with E-state index in [4.69, 9.17) is 18.0 Å². The van der Waals surface area contributed by atoms with E-state index in [0.29, 0.717) is 11.0 Å². The Hall–Kier alpha value is -0.930. The third kappa shape index (κ3) is 4.29. The number of nitrogens with two attached hydrogens (primary N) is 1. The molecule has 0 bridgehead atoms. The number of thiocarbonyl (C=S) groups is 1. The van der Waals surface area contributed by atoms with Crippen molar-refractivity contribution in [1.82, 2.24) is 4.90 Å². The van der Waals surface area contributed by atoms with Crippen molar-refractivity contribution >= 4 is 17.2 Å². The van der Waals surface area contributed by atoms with E-state index in [9.17, 15) is 0 Å². The lowest BCUT2D eigenvalue weighted by atomic mass is 10.1. The molecule has 0 aliphatic carbocycles. The van der Waals surface area contributed by atoms with Gasteiger partial charge in [-0.25, -0.2) is 0 Å². The van der Waals surface area contributed by atoms with Crippen molar-refractivity contribution in [3.8, 4) is 0 Å². The minimum Gasteiger partial charge on any atom is -0.393 e. The summed E-state index contributed by atoms with van der Waals surface area (Å²) in [6.45, 7) is 3.12. The van der Waals surface area contributed by atoms with E-state index in [-0.39, 0.29) is 0 Å². The van der Waals surface area contributed by atoms with E-state index >= 15 is 0 Å². The van der Waals surface area contributed by atoms with Crippen LogP contribution in [-0.4, -0.2) is 23.0 Å². The second-order valence-electron chi connectivity index (χ2n) is 4.13. The fraction of sp³-hybridized carbons (Fsp3) is 0.462. The van der Waals surface area contributed by atoms with E-state index in [1.807, 2.05) is 6.07 Å². The van der Waals surface area contributed by atoms with Gasteiger partial charge < -0.3 is 5.73 Å². The zero-order valence-electron chi connectivity index (χ0n) is 10.0. The predicted octanol–water partition coefficient (Wildman–Crippen LogP) is 2.57. The minimum atomic E-state index is 0.442. The van der Waals surface area contributed by atoms with E-state index < -0.39 is 0 Å². The molecule has 16 heavy (non-hydrogen) atoms. The molecule has 1 atom stereocenters. The predicted molar refractivity (Wildman–Crippen MR) is 73.4 cm³/mol. The number of hydrogen-bond donors (Lipinski definition) is 1. The molecule has 0 aliphatic heterocycles. The largest absolute Gasteiger partial charge is 0.393 e. The molecule has 0 saturated carbocycles. The maximum atomic E-state index is 5.60. The Morgan fingerprint density at radius 2 is 2.00 bits per heavy atom. The molecular weight excluding hydrogens is 216 g/mol. The van der Waals surface area contributed by atoms with Gasteiger partial charge in [0.05, 0.1) is 4.99 Å². The molecule has 0 radical (unpaired) electrons. The molecular formula is C13H20N2S. The molecule has 2 nitrogen and oxygen atoms in total. The molecule has 0 fully saturated rings. The first kappa shape index (κ1) is 13.1. The molecule has 88 valence electrons. The summed E-state index contributed by atoms with van der Waals surface area (Å²) in [7, 11) is 2.12. The van der Waals surface area contributed by atoms with Crippen LogP contribution >= 0.6 is 12.2 Å². The molecule has 1 aromatic rings. The average molecular weight is 236 g/mol. The fourth-order valence-corrected chi connectivity index (χ4v) is 2.04. The van der Waals surface area contributed by atoms with E-state index in [0.717, 1.165) is 19.4 Å². The zero-order chi connectivity index (χ0) is 12.0. The van der Waals surface area contributed by atoms with Gasteiger partial charge in [-0.1, -0.05) is 49.5 Å². The van der Waals surface area contributed by atoms with E-state index in [1.165, 1.54) is 5.56 Å². The molecule has 2 N–H and O–H groups in total. The Balaban J connectivity index is 2.55. The first-order valence-electron chi connectivity index (χ1n) is 5.66. The molecule has 1 unspecified atom stereocenters. The Labute approximate surface area is 103 Å². The highest BCUT2D eigenvalue weighted by Crippen LogP contribution is 2.11. The maximum Gasteiger partial charge on any atom is 0.0743 e. The van der Waals surface area contributed by atoms with Gasteiger partial charge in [-0.05, 0) is 19.0 Å². The lowest BCUT2D eigenvalue weighted by molar-refractivity contribution is 0.233. The minimum absolute atomic E-state index is 0.442. The summed E-state index contributed by atoms with van der Waals surface area (Å²) < 4.78 is 0. The van der Waals surface area contributed by atoms with Crippen LogP contribution < -0.4 is 5.73 Å². The summed E-state index contributed by atoms with van der Waals surface area (Å²) in [5.41, 5.74) is 6.93. The summed E-state index contributed by atoms with van der Waals surface area (Å²) in [4.78, 5) is 2.92. The van der Waals surface area contributed by atoms with Crippen LogP contribution in [0.5, 0.6) is 0 Å². The van der Waals surface area contributed by atoms with Crippen molar-refractivity contribution < 1.29 is 0 Å². The normalized spacial score (nSPS) is 12.7. The summed E-state index contributed by atoms with van der Waals surface area (Å²) in [5, 5.41) is 0. The van der Waals surface area contributed by atoms with Gasteiger partial charge in [0.15, 0.2) is 0 Å². The van der Waals surface area contributed by atoms with Gasteiger partial charge in [0.25, 0.3) is 0 Å². The van der Waals surface area contributed by atoms with E-state index in [1.54, 1.807) is 0 Å². The summed E-state index contributed by atoms with van der Waals surface area (Å²) in [5.74, 6) is 0. The van der Waals surface area contributed by atoms with Crippen LogP contribution in [0, 0.1) is 0 Å². The first-order chi connectivity index (χ1) is 7.63. The van der Waals surface area contributed by atoms with Gasteiger partial charge >= 0.3 is 0 Å². The molecule has 0 amide bonds. The number of benzene rings is 1. The van der Waals surface area contributed by atoms with Crippen molar-refractivity contribution in [2.45, 2.75) is 32.4 Å². The van der Waals surface area contributed by atoms with Gasteiger partial charge in [0.2, 0.25) is 0 Å². The monoisotopic (exact) mass is 236 g/mol. The lowest BCUT2D eigenvalue weighted by Crippen LogP contribution is -2.34. The van der Waals surface area contributed by atoms with Gasteiger partial charge in [-0.2, -0.15) is 0 Å². The summed E-state index contributed by atoms with van der Waals surface area (Å²) in [6.07, 6.45) is 1.87. The topological polar surface area (TPSA) is 29.3 Å². The molecule has 3 heteroatoms. The van der Waals surface area contributed by atoms with Crippen LogP contribution in [0.3, 0.4) is 0 Å². The third-order valence-electron chi connectivity index (χ3n) is 2.81. The van der Waals surface area contributed by atoms with Gasteiger partial charge in [-0.15, -0.1) is 0 Å². The molecule has 0 saturated heterocycles. The summed E-state index contributed by atoms with van der Waals surface area (Å²) in [6, 6.07) is 10.9. The number of nitrogens with zero attached hydrogens (tertiary/aromatic N) is 1. The Morgan fingerprint density at radius 3 is 2.50 bits per heavy atom. The van der Waals surface area contributed by atoms with Crippen LogP contribution in [0.1, 0.15) is 25.3 Å². The quantitative estimate of drug-likeness (QED) is 0.770. The van der Waals surface area contributed by atoms with Crippen LogP contribution in [0.25, 0.3) is 0 Å². The average Bonchev–Trinajstić information content (AvgIpc) is 2.26. The Morgan fingerprint density at radius 1 is 1.38 bits per heavy atom. The highest BCUT2D eigenvalue weighted by molar-refractivity contribution is 7.80. The molecule has 0 heterocycles. The second-order valence-corrected chi connectivity index (χ2v) is 4.66. The maximum absolute atomic E-state index is 5.60. The van der Waals surface area contributed by atoms with Crippen LogP contribution in [0.15, 0.2) is 30.3 Å². The SMILES string of the molecule is CCC(CC(N)=S)N(C)Cc1ccccc1. The van der Waals surface area contributed by atoms with Crippen molar-refractivity contribution in [3.63, 3.8) is 0 Å². The first-order valence-corrected chi connectivity index (χ1v) is 6.06. The second kappa shape index (κ2) is 6.61. The highest BCUT2D eigenvalue weighted by atomic mass is 32.1. The van der Waals surface area contributed by atoms with Crippen LogP contribution in [0.4, 0.5) is 0 Å². The smallest absolute Gasteiger partial charge is 0.0743 e. The zero-order valence-corrected chi connectivity index (χ0v) is 10.8. The van der Waals surface area contributed by atoms with Gasteiger partial charge in [0.1, 0.15) is 0 Å². The molecule has 0 aliphatic rings. The lowest BCUT2D eigenvalue weighted by Gasteiger charge is -2.26. The van der Waals surface area contributed by atoms with Gasteiger partial charge in [-0.3, -0.25) is 4.90 Å². The third-order valence-corrected chi connectivity index (χ3v) is 2.97. The fourth-order valence-electron chi connectivity index (χ4n) is 1.84. The van der Waals surface area contributed by atoms with Crippen molar-refractivity contribution in [1.29, 1.82) is 0 Å². The number of hydrogen-bond acceptors (Lipinski definition) is 2. The van der Waals surface area contributed by atoms with Crippen LogP contribution in [0.2, 0.25) is 0 Å². The van der Waals surface area contributed by atoms with Crippen LogP contribution in [-0.2, 0) is 6.54 Å². The van der Waals surface area contributed by atoms with Crippen molar-refractivity contribution in [2.75, 3.05) is 7.05 Å². The Bertz CT molecular complexity index is 324. The summed E-state index contributed by atoms with van der Waals surface area (Å²) >= 11 is 4.97. The molecule has 0 aromatic heterocycles. The number of rotatable bonds is 6. The standard InChI is InChI=1S/C13H20N2S/c1-3-12(9-13(14)16)15(2)10-11-7-5-4-6-8-11/h4-8,12H,3,9-10H2,1-2H3,(H2,14,16). The van der Waals surface area contributed by atoms with E-state index in [2.05, 4.69) is 43.1 Å². The molecule has 1 rings (SSSR count). The van der Waals surface area contributed by atoms with Crippen molar-refractivity contribution in [3.05, 3.63) is 35.9 Å². The Kier molecular flexibility index (Phi) is 5.43. The molecule has 1 aromatic carbocycles. The molecule has 0 spiro atoms. The van der Waals surface area contributed by atoms with Gasteiger partial charge in [0, 0.05) is 19.0 Å².